The predicted octanol–water partition coefficient (Wildman–Crippen LogP) is 3.19. The number of rotatable bonds is 4. The molecule has 2 atom stereocenters. The lowest BCUT2D eigenvalue weighted by atomic mass is 9.97. The van der Waals surface area contributed by atoms with E-state index in [1.807, 2.05) is 13.1 Å². The van der Waals surface area contributed by atoms with Crippen molar-refractivity contribution >= 4 is 22.9 Å². The van der Waals surface area contributed by atoms with Crippen LogP contribution in [0.15, 0.2) is 12.1 Å². The molecule has 1 fully saturated rings. The summed E-state index contributed by atoms with van der Waals surface area (Å²) >= 11 is 7.66. The van der Waals surface area contributed by atoms with Gasteiger partial charge in [0.25, 0.3) is 0 Å². The standard InChI is InChI=1S/C12H19ClN2S/c1-14-10(11-5-6-12(13)16-11)8-9-4-2-3-7-15-9/h5-6,9-10,14-15H,2-4,7-8H2,1H3. The van der Waals surface area contributed by atoms with Crippen molar-refractivity contribution in [2.24, 2.45) is 0 Å². The van der Waals surface area contributed by atoms with E-state index in [1.165, 1.54) is 30.7 Å². The summed E-state index contributed by atoms with van der Waals surface area (Å²) in [7, 11) is 2.03. The molecule has 1 aliphatic rings. The van der Waals surface area contributed by atoms with Gasteiger partial charge in [-0.1, -0.05) is 18.0 Å². The molecule has 0 aliphatic carbocycles. The summed E-state index contributed by atoms with van der Waals surface area (Å²) in [5, 5.41) is 6.98. The van der Waals surface area contributed by atoms with Gasteiger partial charge in [-0.15, -0.1) is 11.3 Å². The van der Waals surface area contributed by atoms with E-state index in [0.29, 0.717) is 12.1 Å². The Morgan fingerprint density at radius 1 is 1.56 bits per heavy atom. The first-order valence-electron chi connectivity index (χ1n) is 5.95. The molecule has 1 aromatic rings. The summed E-state index contributed by atoms with van der Waals surface area (Å²) in [4.78, 5) is 1.35. The second-order valence-electron chi connectivity index (χ2n) is 4.37. The Labute approximate surface area is 106 Å². The zero-order valence-corrected chi connectivity index (χ0v) is 11.2. The van der Waals surface area contributed by atoms with Crippen molar-refractivity contribution in [1.82, 2.24) is 10.6 Å². The highest BCUT2D eigenvalue weighted by atomic mass is 35.5. The van der Waals surface area contributed by atoms with Crippen LogP contribution in [0, 0.1) is 0 Å². The fraction of sp³-hybridized carbons (Fsp3) is 0.667. The van der Waals surface area contributed by atoms with Crippen LogP contribution in [0.1, 0.15) is 36.6 Å². The Morgan fingerprint density at radius 2 is 2.44 bits per heavy atom. The number of thiophene rings is 1. The zero-order chi connectivity index (χ0) is 11.4. The summed E-state index contributed by atoms with van der Waals surface area (Å²) in [6.45, 7) is 1.17. The summed E-state index contributed by atoms with van der Waals surface area (Å²) < 4.78 is 0.881. The van der Waals surface area contributed by atoms with Crippen molar-refractivity contribution in [1.29, 1.82) is 0 Å². The molecule has 0 radical (unpaired) electrons. The molecule has 2 N–H and O–H groups in total. The largest absolute Gasteiger partial charge is 0.314 e. The third-order valence-corrected chi connectivity index (χ3v) is 4.56. The highest BCUT2D eigenvalue weighted by Gasteiger charge is 2.19. The van der Waals surface area contributed by atoms with Crippen LogP contribution in [-0.4, -0.2) is 19.6 Å². The molecule has 0 saturated carbocycles. The molecule has 2 heterocycles. The molecule has 2 nitrogen and oxygen atoms in total. The number of nitrogens with one attached hydrogen (secondary N) is 2. The molecule has 1 aliphatic heterocycles. The Balaban J connectivity index is 1.94. The van der Waals surface area contributed by atoms with Crippen LogP contribution in [0.3, 0.4) is 0 Å². The molecule has 16 heavy (non-hydrogen) atoms. The Morgan fingerprint density at radius 3 is 3.00 bits per heavy atom. The second-order valence-corrected chi connectivity index (χ2v) is 6.11. The van der Waals surface area contributed by atoms with Crippen LogP contribution in [0.2, 0.25) is 4.34 Å². The maximum absolute atomic E-state index is 5.98. The van der Waals surface area contributed by atoms with Gasteiger partial charge in [0.1, 0.15) is 0 Å². The minimum atomic E-state index is 0.438. The summed E-state index contributed by atoms with van der Waals surface area (Å²) in [6.07, 6.45) is 5.15. The SMILES string of the molecule is CNC(CC1CCCCN1)c1ccc(Cl)s1. The number of hydrogen-bond donors (Lipinski definition) is 2. The van der Waals surface area contributed by atoms with Gasteiger partial charge in [0, 0.05) is 17.0 Å². The molecule has 1 saturated heterocycles. The first-order chi connectivity index (χ1) is 7.79. The van der Waals surface area contributed by atoms with Crippen molar-refractivity contribution in [3.8, 4) is 0 Å². The quantitative estimate of drug-likeness (QED) is 0.867. The average Bonchev–Trinajstić information content (AvgIpc) is 2.74. The van der Waals surface area contributed by atoms with Gasteiger partial charge in [-0.3, -0.25) is 0 Å². The van der Waals surface area contributed by atoms with Gasteiger partial charge in [0.05, 0.1) is 4.34 Å². The van der Waals surface area contributed by atoms with Crippen LogP contribution in [0.5, 0.6) is 0 Å². The number of piperidine rings is 1. The molecule has 0 amide bonds. The monoisotopic (exact) mass is 258 g/mol. The maximum atomic E-state index is 5.98. The van der Waals surface area contributed by atoms with Gasteiger partial charge in [-0.25, -0.2) is 0 Å². The van der Waals surface area contributed by atoms with E-state index in [4.69, 9.17) is 11.6 Å². The fourth-order valence-electron chi connectivity index (χ4n) is 2.30. The van der Waals surface area contributed by atoms with Gasteiger partial charge in [-0.2, -0.15) is 0 Å². The molecule has 2 unspecified atom stereocenters. The van der Waals surface area contributed by atoms with E-state index < -0.39 is 0 Å². The summed E-state index contributed by atoms with van der Waals surface area (Å²) in [5.41, 5.74) is 0. The van der Waals surface area contributed by atoms with Crippen molar-refractivity contribution in [3.05, 3.63) is 21.3 Å². The van der Waals surface area contributed by atoms with E-state index >= 15 is 0 Å². The van der Waals surface area contributed by atoms with Gasteiger partial charge in [0.15, 0.2) is 0 Å². The van der Waals surface area contributed by atoms with Crippen LogP contribution >= 0.6 is 22.9 Å². The Hall–Kier alpha value is -0.0900. The molecule has 0 bridgehead atoms. The third kappa shape index (κ3) is 3.20. The van der Waals surface area contributed by atoms with E-state index in [9.17, 15) is 0 Å². The molecular weight excluding hydrogens is 240 g/mol. The lowest BCUT2D eigenvalue weighted by Gasteiger charge is -2.27. The second kappa shape index (κ2) is 6.01. The fourth-order valence-corrected chi connectivity index (χ4v) is 3.49. The van der Waals surface area contributed by atoms with Gasteiger partial charge in [0.2, 0.25) is 0 Å². The first kappa shape index (κ1) is 12.4. The van der Waals surface area contributed by atoms with Crippen LogP contribution in [0.4, 0.5) is 0 Å². The van der Waals surface area contributed by atoms with Crippen molar-refractivity contribution in [3.63, 3.8) is 0 Å². The molecule has 4 heteroatoms. The predicted molar refractivity (Wildman–Crippen MR) is 71.4 cm³/mol. The van der Waals surface area contributed by atoms with Gasteiger partial charge < -0.3 is 10.6 Å². The summed E-state index contributed by atoms with van der Waals surface area (Å²) in [5.74, 6) is 0. The maximum Gasteiger partial charge on any atom is 0.0931 e. The smallest absolute Gasteiger partial charge is 0.0931 e. The topological polar surface area (TPSA) is 24.1 Å². The number of hydrogen-bond acceptors (Lipinski definition) is 3. The highest BCUT2D eigenvalue weighted by Crippen LogP contribution is 2.30. The minimum absolute atomic E-state index is 0.438. The lowest BCUT2D eigenvalue weighted by Crippen LogP contribution is -2.36. The zero-order valence-electron chi connectivity index (χ0n) is 9.63. The Kier molecular flexibility index (Phi) is 4.65. The minimum Gasteiger partial charge on any atom is -0.314 e. The van der Waals surface area contributed by atoms with E-state index in [2.05, 4.69) is 16.7 Å². The van der Waals surface area contributed by atoms with E-state index in [1.54, 1.807) is 11.3 Å². The molecular formula is C12H19ClN2S. The molecule has 0 spiro atoms. The number of halogens is 1. The molecule has 90 valence electrons. The van der Waals surface area contributed by atoms with Crippen molar-refractivity contribution in [2.45, 2.75) is 37.8 Å². The molecule has 0 aromatic carbocycles. The van der Waals surface area contributed by atoms with Crippen LogP contribution in [0.25, 0.3) is 0 Å². The first-order valence-corrected chi connectivity index (χ1v) is 7.15. The van der Waals surface area contributed by atoms with Crippen LogP contribution in [-0.2, 0) is 0 Å². The van der Waals surface area contributed by atoms with Crippen molar-refractivity contribution in [2.75, 3.05) is 13.6 Å². The van der Waals surface area contributed by atoms with E-state index in [-0.39, 0.29) is 0 Å². The Bertz CT molecular complexity index is 321. The van der Waals surface area contributed by atoms with E-state index in [0.717, 1.165) is 10.8 Å². The molecule has 1 aromatic heterocycles. The third-order valence-electron chi connectivity index (χ3n) is 3.22. The summed E-state index contributed by atoms with van der Waals surface area (Å²) in [6, 6.07) is 5.22. The highest BCUT2D eigenvalue weighted by molar-refractivity contribution is 7.16. The van der Waals surface area contributed by atoms with Gasteiger partial charge >= 0.3 is 0 Å². The average molecular weight is 259 g/mol. The van der Waals surface area contributed by atoms with Gasteiger partial charge in [-0.05, 0) is 45.0 Å². The lowest BCUT2D eigenvalue weighted by molar-refractivity contribution is 0.348. The molecule has 2 rings (SSSR count). The van der Waals surface area contributed by atoms with Crippen LogP contribution < -0.4 is 10.6 Å². The van der Waals surface area contributed by atoms with Crippen molar-refractivity contribution < 1.29 is 0 Å². The normalized spacial score (nSPS) is 23.2.